The summed E-state index contributed by atoms with van der Waals surface area (Å²) in [5.41, 5.74) is 0.515. The number of amides is 3. The molecule has 0 aliphatic carbocycles. The molecule has 0 unspecified atom stereocenters. The molecule has 3 amide bonds. The second-order valence-electron chi connectivity index (χ2n) is 7.31. The van der Waals surface area contributed by atoms with Crippen LogP contribution in [-0.4, -0.2) is 73.0 Å². The average molecular weight is 462 g/mol. The lowest BCUT2D eigenvalue weighted by Gasteiger charge is -2.31. The summed E-state index contributed by atoms with van der Waals surface area (Å²) in [6, 6.07) is 5.04. The number of methoxy groups -OCH3 is 1. The highest BCUT2D eigenvalue weighted by molar-refractivity contribution is 7.15. The molecule has 1 atom stereocenters. The quantitative estimate of drug-likeness (QED) is 0.587. The van der Waals surface area contributed by atoms with Gasteiger partial charge in [-0.2, -0.15) is 0 Å². The Labute approximate surface area is 188 Å². The molecule has 12 heteroatoms. The Morgan fingerprint density at radius 2 is 2.03 bits per heavy atom. The molecule has 0 spiro atoms. The number of rotatable bonds is 7. The minimum atomic E-state index is -0.477. The zero-order chi connectivity index (χ0) is 22.5. The summed E-state index contributed by atoms with van der Waals surface area (Å²) in [6.45, 7) is 1.83. The maximum Gasteiger partial charge on any atom is 0.286 e. The van der Waals surface area contributed by atoms with Crippen molar-refractivity contribution in [2.24, 2.45) is 5.92 Å². The van der Waals surface area contributed by atoms with Crippen molar-refractivity contribution < 1.29 is 28.6 Å². The van der Waals surface area contributed by atoms with Crippen LogP contribution in [0.1, 0.15) is 32.4 Å². The van der Waals surface area contributed by atoms with E-state index in [0.29, 0.717) is 56.3 Å². The van der Waals surface area contributed by atoms with Crippen LogP contribution in [0, 0.1) is 5.92 Å². The van der Waals surface area contributed by atoms with Gasteiger partial charge in [0, 0.05) is 38.5 Å². The molecule has 32 heavy (non-hydrogen) atoms. The van der Waals surface area contributed by atoms with Gasteiger partial charge in [-0.25, -0.2) is 0 Å². The molecule has 0 saturated carbocycles. The van der Waals surface area contributed by atoms with Gasteiger partial charge >= 0.3 is 0 Å². The van der Waals surface area contributed by atoms with Crippen LogP contribution in [0.2, 0.25) is 0 Å². The van der Waals surface area contributed by atoms with Gasteiger partial charge in [-0.05, 0) is 25.0 Å². The summed E-state index contributed by atoms with van der Waals surface area (Å²) in [7, 11) is 1.57. The van der Waals surface area contributed by atoms with Crippen LogP contribution in [0.4, 0.5) is 5.69 Å². The van der Waals surface area contributed by atoms with Crippen LogP contribution in [0.15, 0.2) is 18.2 Å². The summed E-state index contributed by atoms with van der Waals surface area (Å²) in [6.07, 6.45) is 1.42. The van der Waals surface area contributed by atoms with E-state index in [-0.39, 0.29) is 34.5 Å². The molecule has 1 aromatic heterocycles. The maximum absolute atomic E-state index is 12.9. The predicted molar refractivity (Wildman–Crippen MR) is 114 cm³/mol. The van der Waals surface area contributed by atoms with Crippen LogP contribution in [0.3, 0.4) is 0 Å². The average Bonchev–Trinajstić information content (AvgIpc) is 3.48. The molecule has 2 aliphatic rings. The number of hydrogen-bond acceptors (Lipinski definition) is 9. The minimum absolute atomic E-state index is 0.0666. The van der Waals surface area contributed by atoms with E-state index in [1.807, 2.05) is 0 Å². The first-order valence-electron chi connectivity index (χ1n) is 10.2. The molecular formula is C20H23N5O6S. The normalized spacial score (nSPS) is 17.2. The largest absolute Gasteiger partial charge is 0.454 e. The van der Waals surface area contributed by atoms with Gasteiger partial charge in [0.2, 0.25) is 22.7 Å². The van der Waals surface area contributed by atoms with Crippen molar-refractivity contribution in [1.29, 1.82) is 0 Å². The summed E-state index contributed by atoms with van der Waals surface area (Å²) in [5.74, 6) is -0.0406. The molecule has 3 heterocycles. The number of ether oxygens (including phenoxy) is 3. The topological polar surface area (TPSA) is 132 Å². The Bertz CT molecular complexity index is 1010. The van der Waals surface area contributed by atoms with Crippen LogP contribution in [-0.2, 0) is 9.53 Å². The molecule has 2 N–H and O–H groups in total. The summed E-state index contributed by atoms with van der Waals surface area (Å²) in [5, 5.41) is 13.5. The molecule has 1 aromatic carbocycles. The molecule has 0 radical (unpaired) electrons. The number of likely N-dealkylation sites (tertiary alicyclic amines) is 1. The second kappa shape index (κ2) is 9.92. The highest BCUT2D eigenvalue weighted by atomic mass is 32.1. The molecule has 1 fully saturated rings. The lowest BCUT2D eigenvalue weighted by molar-refractivity contribution is -0.126. The fourth-order valence-electron chi connectivity index (χ4n) is 3.49. The molecule has 0 bridgehead atoms. The van der Waals surface area contributed by atoms with Crippen molar-refractivity contribution in [2.75, 3.05) is 45.5 Å². The number of piperidine rings is 1. The van der Waals surface area contributed by atoms with Crippen molar-refractivity contribution in [1.82, 2.24) is 20.4 Å². The third-order valence-corrected chi connectivity index (χ3v) is 6.03. The van der Waals surface area contributed by atoms with Crippen molar-refractivity contribution in [2.45, 2.75) is 12.8 Å². The number of carbonyl (C=O) groups excluding carboxylic acids is 3. The Morgan fingerprint density at radius 1 is 1.22 bits per heavy atom. The Hall–Kier alpha value is -3.25. The predicted octanol–water partition coefficient (Wildman–Crippen LogP) is 1.13. The van der Waals surface area contributed by atoms with Crippen molar-refractivity contribution >= 4 is 34.7 Å². The monoisotopic (exact) mass is 461 g/mol. The van der Waals surface area contributed by atoms with E-state index in [0.717, 1.165) is 11.3 Å². The van der Waals surface area contributed by atoms with Crippen molar-refractivity contribution in [3.8, 4) is 11.5 Å². The number of anilines is 1. The highest BCUT2D eigenvalue weighted by Crippen LogP contribution is 2.34. The van der Waals surface area contributed by atoms with Crippen LogP contribution >= 0.6 is 11.3 Å². The second-order valence-corrected chi connectivity index (χ2v) is 8.29. The number of nitrogens with one attached hydrogen (secondary N) is 2. The lowest BCUT2D eigenvalue weighted by Crippen LogP contribution is -2.45. The Kier molecular flexibility index (Phi) is 6.81. The molecule has 4 rings (SSSR count). The number of nitrogens with zero attached hydrogens (tertiary/aromatic N) is 3. The van der Waals surface area contributed by atoms with Gasteiger partial charge < -0.3 is 29.7 Å². The van der Waals surface area contributed by atoms with E-state index in [1.165, 1.54) is 0 Å². The molecule has 2 aliphatic heterocycles. The number of hydrogen-bond donors (Lipinski definition) is 2. The van der Waals surface area contributed by atoms with Gasteiger partial charge in [0.15, 0.2) is 11.5 Å². The summed E-state index contributed by atoms with van der Waals surface area (Å²) in [4.78, 5) is 39.3. The van der Waals surface area contributed by atoms with Crippen LogP contribution in [0.25, 0.3) is 0 Å². The van der Waals surface area contributed by atoms with Crippen LogP contribution < -0.4 is 20.1 Å². The Morgan fingerprint density at radius 3 is 2.88 bits per heavy atom. The van der Waals surface area contributed by atoms with Crippen molar-refractivity contribution in [3.63, 3.8) is 0 Å². The van der Waals surface area contributed by atoms with E-state index in [4.69, 9.17) is 14.2 Å². The Balaban J connectivity index is 1.35. The molecule has 170 valence electrons. The van der Waals surface area contributed by atoms with Gasteiger partial charge in [-0.3, -0.25) is 14.4 Å². The van der Waals surface area contributed by atoms with Gasteiger partial charge in [-0.1, -0.05) is 11.3 Å². The summed E-state index contributed by atoms with van der Waals surface area (Å²) >= 11 is 0.915. The number of carbonyl (C=O) groups is 3. The van der Waals surface area contributed by atoms with E-state index in [1.54, 1.807) is 30.2 Å². The zero-order valence-electron chi connectivity index (χ0n) is 17.5. The van der Waals surface area contributed by atoms with Gasteiger partial charge in [-0.15, -0.1) is 10.2 Å². The zero-order valence-corrected chi connectivity index (χ0v) is 18.3. The maximum atomic E-state index is 12.9. The van der Waals surface area contributed by atoms with Crippen molar-refractivity contribution in [3.05, 3.63) is 28.2 Å². The number of aromatic nitrogens is 2. The van der Waals surface area contributed by atoms with Gasteiger partial charge in [0.25, 0.3) is 11.8 Å². The summed E-state index contributed by atoms with van der Waals surface area (Å²) < 4.78 is 15.5. The molecule has 11 nitrogen and oxygen atoms in total. The highest BCUT2D eigenvalue weighted by Gasteiger charge is 2.30. The van der Waals surface area contributed by atoms with E-state index in [9.17, 15) is 14.4 Å². The fraction of sp³-hybridized carbons (Fsp3) is 0.450. The van der Waals surface area contributed by atoms with Gasteiger partial charge in [0.05, 0.1) is 12.5 Å². The SMILES string of the molecule is COCCNC(=O)[C@H]1CCCN(C(=O)c2nnc(C(=O)Nc3ccc4c(c3)OCO4)s2)C1. The molecule has 1 saturated heterocycles. The first kappa shape index (κ1) is 22.0. The number of fused-ring (bicyclic) bond motifs is 1. The first-order valence-corrected chi connectivity index (χ1v) is 11.0. The third kappa shape index (κ3) is 4.97. The minimum Gasteiger partial charge on any atom is -0.454 e. The number of benzene rings is 1. The third-order valence-electron chi connectivity index (χ3n) is 5.12. The van der Waals surface area contributed by atoms with E-state index < -0.39 is 5.91 Å². The molecule has 2 aromatic rings. The first-order chi connectivity index (χ1) is 15.5. The molecular weight excluding hydrogens is 438 g/mol. The van der Waals surface area contributed by atoms with Crippen LogP contribution in [0.5, 0.6) is 11.5 Å². The fourth-order valence-corrected chi connectivity index (χ4v) is 4.20. The smallest absolute Gasteiger partial charge is 0.286 e. The van der Waals surface area contributed by atoms with E-state index in [2.05, 4.69) is 20.8 Å². The van der Waals surface area contributed by atoms with Gasteiger partial charge in [0.1, 0.15) is 0 Å². The van der Waals surface area contributed by atoms with E-state index >= 15 is 0 Å². The lowest BCUT2D eigenvalue weighted by atomic mass is 9.97. The standard InChI is InChI=1S/C20H23N5O6S/c1-29-8-6-21-16(26)12-3-2-7-25(10-12)20(28)19-24-23-18(32-19)17(27)22-13-4-5-14-15(9-13)31-11-30-14/h4-5,9,12H,2-3,6-8,10-11H2,1H3,(H,21,26)(H,22,27)/t12-/m0/s1.